The summed E-state index contributed by atoms with van der Waals surface area (Å²) in [6.45, 7) is 0. The van der Waals surface area contributed by atoms with Gasteiger partial charge in [0.2, 0.25) is 0 Å². The molecule has 0 aliphatic rings. The third-order valence-electron chi connectivity index (χ3n) is 0. The Balaban J connectivity index is 2.32. The van der Waals surface area contributed by atoms with Gasteiger partial charge in [-0.15, -0.1) is 18.5 Å². The summed E-state index contributed by atoms with van der Waals surface area (Å²) < 4.78 is 0. The molecule has 0 aromatic carbocycles. The normalized spacial score (nSPS) is 9.00. The van der Waals surface area contributed by atoms with Crippen molar-refractivity contribution in [1.29, 1.82) is 0 Å². The molecule has 3 heteroatoms. The first-order valence-electron chi connectivity index (χ1n) is 0.925. The maximum absolute atomic E-state index is 7.98. The molecule has 26 valence electrons. The molecule has 0 saturated carbocycles. The molecular formula is CH6OP2. The molecule has 0 fully saturated rings. The van der Waals surface area contributed by atoms with Gasteiger partial charge in [0.1, 0.15) is 0 Å². The maximum atomic E-state index is 7.98. The largest absolute Gasteiger partial charge is 0.385 e. The van der Waals surface area contributed by atoms with E-state index in [1.807, 2.05) is 0 Å². The number of hydrogen-bond donors (Lipinski definition) is 1. The quantitative estimate of drug-likeness (QED) is 0.421. The van der Waals surface area contributed by atoms with Crippen molar-refractivity contribution < 1.29 is 5.11 Å². The van der Waals surface area contributed by atoms with Gasteiger partial charge in [-0.05, 0) is 0 Å². The fraction of sp³-hybridized carbons (Fsp3) is 1.00. The summed E-state index contributed by atoms with van der Waals surface area (Å²) in [6.07, 6.45) is 0. The lowest BCUT2D eigenvalue weighted by Crippen LogP contribution is -1.70. The van der Waals surface area contributed by atoms with Crippen LogP contribution in [0.2, 0.25) is 0 Å². The van der Waals surface area contributed by atoms with E-state index in [9.17, 15) is 0 Å². The van der Waals surface area contributed by atoms with E-state index in [-0.39, 0.29) is 5.59 Å². The fourth-order valence-electron chi connectivity index (χ4n) is 0. The standard InChI is InChI=1S/CH6OP2/c2-1(3)4/h1-2H,3-4H2. The van der Waals surface area contributed by atoms with Crippen LogP contribution in [0, 0.1) is 0 Å². The van der Waals surface area contributed by atoms with E-state index >= 15 is 0 Å². The van der Waals surface area contributed by atoms with Gasteiger partial charge in [0.05, 0.1) is 5.59 Å². The Morgan fingerprint density at radius 2 is 1.50 bits per heavy atom. The average Bonchev–Trinajstić information content (AvgIpc) is 0.811. The van der Waals surface area contributed by atoms with Gasteiger partial charge >= 0.3 is 0 Å². The zero-order valence-electron chi connectivity index (χ0n) is 2.18. The van der Waals surface area contributed by atoms with Gasteiger partial charge in [-0.25, -0.2) is 0 Å². The lowest BCUT2D eigenvalue weighted by molar-refractivity contribution is 0.344. The van der Waals surface area contributed by atoms with Crippen LogP contribution in [0.5, 0.6) is 0 Å². The van der Waals surface area contributed by atoms with E-state index in [0.717, 1.165) is 0 Å². The second-order valence-corrected chi connectivity index (χ2v) is 2.63. The number of aliphatic hydroxyl groups excluding tert-OH is 1. The summed E-state index contributed by atoms with van der Waals surface area (Å²) >= 11 is 0. The van der Waals surface area contributed by atoms with Crippen LogP contribution < -0.4 is 0 Å². The second kappa shape index (κ2) is 2.08. The Labute approximate surface area is 30.2 Å². The van der Waals surface area contributed by atoms with Gasteiger partial charge in [-0.3, -0.25) is 0 Å². The molecule has 0 spiro atoms. The first-order valence-corrected chi connectivity index (χ1v) is 2.26. The molecule has 0 aliphatic carbocycles. The van der Waals surface area contributed by atoms with Crippen LogP contribution in [-0.4, -0.2) is 10.7 Å². The number of aliphatic hydroxyl groups is 1. The Hall–Kier alpha value is 0.820. The molecule has 0 amide bonds. The summed E-state index contributed by atoms with van der Waals surface area (Å²) in [7, 11) is 4.35. The van der Waals surface area contributed by atoms with Crippen molar-refractivity contribution >= 4 is 18.5 Å². The van der Waals surface area contributed by atoms with Crippen molar-refractivity contribution in [1.82, 2.24) is 0 Å². The van der Waals surface area contributed by atoms with Gasteiger partial charge in [-0.2, -0.15) is 0 Å². The molecule has 1 nitrogen and oxygen atoms in total. The van der Waals surface area contributed by atoms with Crippen LogP contribution in [-0.2, 0) is 0 Å². The average molecular weight is 96.0 g/mol. The lowest BCUT2D eigenvalue weighted by Gasteiger charge is -1.80. The second-order valence-electron chi connectivity index (χ2n) is 0.491. The van der Waals surface area contributed by atoms with Gasteiger partial charge in [0.25, 0.3) is 0 Å². The van der Waals surface area contributed by atoms with E-state index in [1.54, 1.807) is 0 Å². The summed E-state index contributed by atoms with van der Waals surface area (Å²) in [5.41, 5.74) is -0.333. The van der Waals surface area contributed by atoms with E-state index in [0.29, 0.717) is 0 Å². The number of hydrogen-bond acceptors (Lipinski definition) is 1. The smallest absolute Gasteiger partial charge is 0.0803 e. The Bertz CT molecular complexity index is 10.8. The van der Waals surface area contributed by atoms with Crippen LogP contribution in [0.15, 0.2) is 0 Å². The van der Waals surface area contributed by atoms with Crippen LogP contribution in [0.1, 0.15) is 0 Å². The fourth-order valence-corrected chi connectivity index (χ4v) is 0. The molecule has 0 rings (SSSR count). The first-order chi connectivity index (χ1) is 1.73. The third kappa shape index (κ3) is 13.9. The van der Waals surface area contributed by atoms with Crippen molar-refractivity contribution in [3.8, 4) is 0 Å². The van der Waals surface area contributed by atoms with Crippen LogP contribution in [0.3, 0.4) is 0 Å². The topological polar surface area (TPSA) is 20.2 Å². The molecule has 0 aromatic heterocycles. The molecule has 0 heterocycles. The molecule has 1 N–H and O–H groups in total. The van der Waals surface area contributed by atoms with E-state index in [4.69, 9.17) is 5.11 Å². The Kier molecular flexibility index (Phi) is 2.51. The Morgan fingerprint density at radius 3 is 1.50 bits per heavy atom. The van der Waals surface area contributed by atoms with Crippen molar-refractivity contribution in [3.63, 3.8) is 0 Å². The van der Waals surface area contributed by atoms with E-state index in [1.165, 1.54) is 0 Å². The zero-order chi connectivity index (χ0) is 3.58. The highest BCUT2D eigenvalue weighted by Gasteiger charge is 1.68. The summed E-state index contributed by atoms with van der Waals surface area (Å²) in [6, 6.07) is 0. The maximum Gasteiger partial charge on any atom is 0.0803 e. The molecular weight excluding hydrogens is 90.0 g/mol. The monoisotopic (exact) mass is 96.0 g/mol. The summed E-state index contributed by atoms with van der Waals surface area (Å²) in [4.78, 5) is 0. The number of rotatable bonds is 0. The molecule has 0 aromatic rings. The highest BCUT2D eigenvalue weighted by molar-refractivity contribution is 7.37. The summed E-state index contributed by atoms with van der Waals surface area (Å²) in [5.74, 6) is 0. The molecule has 4 heavy (non-hydrogen) atoms. The lowest BCUT2D eigenvalue weighted by atomic mass is 11.7. The highest BCUT2D eigenvalue weighted by atomic mass is 31.1. The van der Waals surface area contributed by atoms with Gasteiger partial charge < -0.3 is 5.11 Å². The van der Waals surface area contributed by atoms with Crippen LogP contribution in [0.25, 0.3) is 0 Å². The SMILES string of the molecule is OC(P)P. The predicted molar refractivity (Wildman–Crippen MR) is 25.4 cm³/mol. The molecule has 0 saturated heterocycles. The van der Waals surface area contributed by atoms with Crippen molar-refractivity contribution in [2.75, 3.05) is 0 Å². The zero-order valence-corrected chi connectivity index (χ0v) is 4.49. The van der Waals surface area contributed by atoms with Gasteiger partial charge in [0, 0.05) is 0 Å². The molecule has 2 atom stereocenters. The molecule has 0 aliphatic heterocycles. The Morgan fingerprint density at radius 1 is 1.50 bits per heavy atom. The minimum atomic E-state index is -0.333. The highest BCUT2D eigenvalue weighted by Crippen LogP contribution is 2.00. The van der Waals surface area contributed by atoms with Crippen LogP contribution in [0.4, 0.5) is 0 Å². The minimum absolute atomic E-state index is 0.333. The summed E-state index contributed by atoms with van der Waals surface area (Å²) in [5, 5.41) is 7.98. The third-order valence-corrected chi connectivity index (χ3v) is 0. The van der Waals surface area contributed by atoms with Gasteiger partial charge in [-0.1, -0.05) is 0 Å². The van der Waals surface area contributed by atoms with Crippen molar-refractivity contribution in [3.05, 3.63) is 0 Å². The van der Waals surface area contributed by atoms with Crippen LogP contribution >= 0.6 is 18.5 Å². The van der Waals surface area contributed by atoms with Crippen molar-refractivity contribution in [2.45, 2.75) is 5.59 Å². The van der Waals surface area contributed by atoms with E-state index in [2.05, 4.69) is 18.5 Å². The van der Waals surface area contributed by atoms with Gasteiger partial charge in [0.15, 0.2) is 0 Å². The van der Waals surface area contributed by atoms with E-state index < -0.39 is 0 Å². The van der Waals surface area contributed by atoms with Crippen molar-refractivity contribution in [2.24, 2.45) is 0 Å². The molecule has 0 radical (unpaired) electrons. The predicted octanol–water partition coefficient (Wildman–Crippen LogP) is 0.0125. The molecule has 0 bridgehead atoms. The molecule has 2 unspecified atom stereocenters. The minimum Gasteiger partial charge on any atom is -0.385 e. The first kappa shape index (κ1) is 4.82.